The first-order valence-corrected chi connectivity index (χ1v) is 11.8. The maximum absolute atomic E-state index is 11.8. The molecule has 0 aromatic rings. The minimum Gasteiger partial charge on any atom is -0.392 e. The Kier molecular flexibility index (Phi) is 19.6. The number of unbranched alkanes of at least 4 members (excludes halogenated alkanes) is 8. The van der Waals surface area contributed by atoms with Crippen LogP contribution in [-0.4, -0.2) is 30.5 Å². The molecule has 0 spiro atoms. The predicted molar refractivity (Wildman–Crippen MR) is 128 cm³/mol. The third-order valence-electron chi connectivity index (χ3n) is 4.86. The lowest BCUT2D eigenvalue weighted by Gasteiger charge is -2.10. The van der Waals surface area contributed by atoms with E-state index < -0.39 is 18.0 Å². The number of guanidine groups is 1. The number of carbonyl (C=O) groups is 2. The average molecular weight is 437 g/mol. The van der Waals surface area contributed by atoms with Gasteiger partial charge >= 0.3 is 11.9 Å². The lowest BCUT2D eigenvalue weighted by atomic mass is 10.1. The Balaban J connectivity index is 3.55. The molecule has 0 heterocycles. The van der Waals surface area contributed by atoms with Crippen LogP contribution >= 0.6 is 0 Å². The minimum absolute atomic E-state index is 0.122. The molecule has 0 saturated heterocycles. The Bertz CT molecular complexity index is 547. The first-order chi connectivity index (χ1) is 15.0. The van der Waals surface area contributed by atoms with Crippen molar-refractivity contribution in [2.75, 3.05) is 6.54 Å². The summed E-state index contributed by atoms with van der Waals surface area (Å²) in [6.07, 6.45) is 22.4. The van der Waals surface area contributed by atoms with Crippen molar-refractivity contribution in [1.29, 1.82) is 5.41 Å². The molecule has 0 aliphatic rings. The third kappa shape index (κ3) is 20.9. The Morgan fingerprint density at radius 3 is 2.19 bits per heavy atom. The highest BCUT2D eigenvalue weighted by Crippen LogP contribution is 2.09. The van der Waals surface area contributed by atoms with Crippen molar-refractivity contribution in [3.05, 3.63) is 24.3 Å². The monoisotopic (exact) mass is 436 g/mol. The molecule has 7 heteroatoms. The first kappa shape index (κ1) is 28.9. The highest BCUT2D eigenvalue weighted by atomic mass is 16.6. The largest absolute Gasteiger partial charge is 0.392 e. The Labute approximate surface area is 188 Å². The lowest BCUT2D eigenvalue weighted by Crippen LogP contribution is -2.36. The van der Waals surface area contributed by atoms with E-state index in [-0.39, 0.29) is 12.4 Å². The van der Waals surface area contributed by atoms with E-state index in [9.17, 15) is 9.59 Å². The molecule has 178 valence electrons. The molecular formula is C24H44N4O3. The lowest BCUT2D eigenvalue weighted by molar-refractivity contribution is -0.160. The number of ether oxygens (including phenoxy) is 1. The summed E-state index contributed by atoms with van der Waals surface area (Å²) < 4.78 is 4.80. The summed E-state index contributed by atoms with van der Waals surface area (Å²) in [7, 11) is 0. The summed E-state index contributed by atoms with van der Waals surface area (Å²) in [6, 6.07) is -0.831. The van der Waals surface area contributed by atoms with E-state index in [1.807, 2.05) is 0 Å². The normalized spacial score (nSPS) is 12.3. The standard InChI is InChI=1S/C24H44N4O3/c1-2-3-4-5-6-7-8-9-10-11-12-13-14-15-16-19-22(29)31-23(30)21(25)18-17-20-28-24(26)27/h6-7,9-10,21H,2-5,8,11-20,25H2,1H3,(H4,26,27,28)/b7-6-,10-9-/t21-/m0/s1. The molecule has 0 fully saturated rings. The van der Waals surface area contributed by atoms with Gasteiger partial charge < -0.3 is 21.5 Å². The van der Waals surface area contributed by atoms with Gasteiger partial charge in [0, 0.05) is 13.0 Å². The first-order valence-electron chi connectivity index (χ1n) is 11.8. The van der Waals surface area contributed by atoms with Crippen molar-refractivity contribution in [1.82, 2.24) is 5.32 Å². The van der Waals surface area contributed by atoms with Crippen LogP contribution in [0.4, 0.5) is 0 Å². The van der Waals surface area contributed by atoms with Gasteiger partial charge in [-0.05, 0) is 51.4 Å². The number of nitrogens with two attached hydrogens (primary N) is 2. The number of esters is 2. The zero-order chi connectivity index (χ0) is 23.2. The number of hydrogen-bond donors (Lipinski definition) is 4. The fourth-order valence-electron chi connectivity index (χ4n) is 2.98. The Morgan fingerprint density at radius 2 is 1.55 bits per heavy atom. The Hall–Kier alpha value is -2.15. The second kappa shape index (κ2) is 21.1. The molecule has 6 N–H and O–H groups in total. The zero-order valence-electron chi connectivity index (χ0n) is 19.4. The van der Waals surface area contributed by atoms with Gasteiger partial charge in [0.05, 0.1) is 0 Å². The van der Waals surface area contributed by atoms with E-state index in [4.69, 9.17) is 21.6 Å². The summed E-state index contributed by atoms with van der Waals surface area (Å²) in [6.45, 7) is 2.68. The van der Waals surface area contributed by atoms with Crippen LogP contribution in [0.25, 0.3) is 0 Å². The van der Waals surface area contributed by atoms with E-state index in [1.165, 1.54) is 25.7 Å². The topological polar surface area (TPSA) is 131 Å². The summed E-state index contributed by atoms with van der Waals surface area (Å²) in [5.41, 5.74) is 10.9. The summed E-state index contributed by atoms with van der Waals surface area (Å²) >= 11 is 0. The van der Waals surface area contributed by atoms with E-state index in [0.717, 1.165) is 44.9 Å². The van der Waals surface area contributed by atoms with Crippen LogP contribution in [-0.2, 0) is 14.3 Å². The van der Waals surface area contributed by atoms with Crippen LogP contribution < -0.4 is 16.8 Å². The van der Waals surface area contributed by atoms with Crippen molar-refractivity contribution in [3.8, 4) is 0 Å². The third-order valence-corrected chi connectivity index (χ3v) is 4.86. The SMILES string of the molecule is CCCCC/C=C\C/C=C\CCCCCCCC(=O)OC(=O)[C@@H](N)CCCNC(=N)N. The van der Waals surface area contributed by atoms with E-state index in [0.29, 0.717) is 19.4 Å². The van der Waals surface area contributed by atoms with Gasteiger partial charge in [-0.15, -0.1) is 0 Å². The van der Waals surface area contributed by atoms with Gasteiger partial charge in [0.2, 0.25) is 0 Å². The molecule has 0 aromatic heterocycles. The molecule has 0 bridgehead atoms. The number of nitrogens with one attached hydrogen (secondary N) is 2. The van der Waals surface area contributed by atoms with Gasteiger partial charge in [-0.1, -0.05) is 63.3 Å². The molecule has 0 radical (unpaired) electrons. The molecule has 0 saturated carbocycles. The van der Waals surface area contributed by atoms with Gasteiger partial charge in [-0.3, -0.25) is 10.2 Å². The molecule has 0 aliphatic heterocycles. The predicted octanol–water partition coefficient (Wildman–Crippen LogP) is 4.46. The highest BCUT2D eigenvalue weighted by molar-refractivity contribution is 5.88. The Morgan fingerprint density at radius 1 is 0.935 bits per heavy atom. The maximum atomic E-state index is 11.8. The summed E-state index contributed by atoms with van der Waals surface area (Å²) in [5.74, 6) is -1.31. The minimum atomic E-state index is -0.831. The van der Waals surface area contributed by atoms with E-state index in [1.54, 1.807) is 0 Å². The second-order valence-electron chi connectivity index (χ2n) is 7.86. The number of hydrogen-bond acceptors (Lipinski definition) is 5. The van der Waals surface area contributed by atoms with Gasteiger partial charge in [0.25, 0.3) is 0 Å². The van der Waals surface area contributed by atoms with Crippen molar-refractivity contribution < 1.29 is 14.3 Å². The maximum Gasteiger partial charge on any atom is 0.330 e. The number of rotatable bonds is 19. The molecule has 0 amide bonds. The fourth-order valence-corrected chi connectivity index (χ4v) is 2.98. The quantitative estimate of drug-likeness (QED) is 0.0590. The smallest absolute Gasteiger partial charge is 0.330 e. The van der Waals surface area contributed by atoms with Crippen LogP contribution in [0.1, 0.15) is 96.8 Å². The molecule has 0 unspecified atom stereocenters. The zero-order valence-corrected chi connectivity index (χ0v) is 19.4. The highest BCUT2D eigenvalue weighted by Gasteiger charge is 2.18. The van der Waals surface area contributed by atoms with Crippen molar-refractivity contribution >= 4 is 17.9 Å². The van der Waals surface area contributed by atoms with Crippen molar-refractivity contribution in [3.63, 3.8) is 0 Å². The molecule has 0 aliphatic carbocycles. The van der Waals surface area contributed by atoms with Crippen LogP contribution in [0.3, 0.4) is 0 Å². The fraction of sp³-hybridized carbons (Fsp3) is 0.708. The molecular weight excluding hydrogens is 392 g/mol. The van der Waals surface area contributed by atoms with E-state index in [2.05, 4.69) is 36.5 Å². The van der Waals surface area contributed by atoms with Crippen LogP contribution in [0.2, 0.25) is 0 Å². The van der Waals surface area contributed by atoms with Gasteiger partial charge in [0.15, 0.2) is 5.96 Å². The summed E-state index contributed by atoms with van der Waals surface area (Å²) in [5, 5.41) is 9.66. The van der Waals surface area contributed by atoms with Gasteiger partial charge in [-0.2, -0.15) is 0 Å². The van der Waals surface area contributed by atoms with Crippen LogP contribution in [0.5, 0.6) is 0 Å². The summed E-state index contributed by atoms with van der Waals surface area (Å²) in [4.78, 5) is 23.5. The number of allylic oxidation sites excluding steroid dienone is 4. The molecule has 1 atom stereocenters. The second-order valence-corrected chi connectivity index (χ2v) is 7.86. The van der Waals surface area contributed by atoms with Crippen LogP contribution in [0.15, 0.2) is 24.3 Å². The molecule has 0 rings (SSSR count). The molecule has 31 heavy (non-hydrogen) atoms. The molecule has 0 aromatic carbocycles. The van der Waals surface area contributed by atoms with Crippen molar-refractivity contribution in [2.45, 2.75) is 103 Å². The van der Waals surface area contributed by atoms with Crippen LogP contribution in [0, 0.1) is 5.41 Å². The van der Waals surface area contributed by atoms with Gasteiger partial charge in [0.1, 0.15) is 6.04 Å². The van der Waals surface area contributed by atoms with Crippen molar-refractivity contribution in [2.24, 2.45) is 11.5 Å². The molecule has 7 nitrogen and oxygen atoms in total. The van der Waals surface area contributed by atoms with E-state index >= 15 is 0 Å². The number of carbonyl (C=O) groups excluding carboxylic acids is 2. The van der Waals surface area contributed by atoms with Gasteiger partial charge in [-0.25, -0.2) is 4.79 Å². The average Bonchev–Trinajstić information content (AvgIpc) is 2.73.